The molecule has 1 saturated heterocycles. The Bertz CT molecular complexity index is 834. The smallest absolute Gasteiger partial charge is 0.282 e. The van der Waals surface area contributed by atoms with Gasteiger partial charge in [-0.1, -0.05) is 18.5 Å². The second-order valence-electron chi connectivity index (χ2n) is 6.52. The highest BCUT2D eigenvalue weighted by Gasteiger charge is 2.47. The summed E-state index contributed by atoms with van der Waals surface area (Å²) in [5, 5.41) is 4.75. The molecule has 1 aliphatic heterocycles. The van der Waals surface area contributed by atoms with Gasteiger partial charge in [0.25, 0.3) is 11.8 Å². The zero-order valence-electron chi connectivity index (χ0n) is 15.0. The molecule has 3 heterocycles. The molecule has 0 saturated carbocycles. The van der Waals surface area contributed by atoms with E-state index in [0.717, 1.165) is 41.2 Å². The van der Waals surface area contributed by atoms with Crippen LogP contribution >= 0.6 is 11.3 Å². The van der Waals surface area contributed by atoms with Gasteiger partial charge >= 0.3 is 0 Å². The number of hydrogen-bond donors (Lipinski definition) is 0. The molecule has 0 atom stereocenters. The summed E-state index contributed by atoms with van der Waals surface area (Å²) in [6, 6.07) is 0. The van der Waals surface area contributed by atoms with Crippen LogP contribution in [0.3, 0.4) is 0 Å². The molecule has 0 bridgehead atoms. The van der Waals surface area contributed by atoms with Crippen molar-refractivity contribution in [3.8, 4) is 0 Å². The van der Waals surface area contributed by atoms with Crippen molar-refractivity contribution in [1.29, 1.82) is 0 Å². The van der Waals surface area contributed by atoms with Gasteiger partial charge in [0.05, 0.1) is 24.5 Å². The number of aryl methyl sites for hydroxylation is 3. The normalized spacial score (nSPS) is 16.3. The fourth-order valence-electron chi connectivity index (χ4n) is 2.80. The summed E-state index contributed by atoms with van der Waals surface area (Å²) in [5.74, 6) is -2.41. The third-order valence-corrected chi connectivity index (χ3v) is 5.39. The number of aromatic nitrogens is 2. The molecule has 5 nitrogen and oxygen atoms in total. The van der Waals surface area contributed by atoms with E-state index in [0.29, 0.717) is 15.6 Å². The van der Waals surface area contributed by atoms with Gasteiger partial charge in [-0.3, -0.25) is 4.79 Å². The SMILES string of the molecule is CCCCc1noc(C)c1/C=C/c1nc(C)c(C(=O)N2CC(F)(F)C2)s1. The summed E-state index contributed by atoms with van der Waals surface area (Å²) in [4.78, 5) is 18.3. The number of hydrogen-bond acceptors (Lipinski definition) is 5. The third kappa shape index (κ3) is 3.85. The topological polar surface area (TPSA) is 59.2 Å². The minimum Gasteiger partial charge on any atom is -0.361 e. The Morgan fingerprint density at radius 1 is 1.35 bits per heavy atom. The van der Waals surface area contributed by atoms with Crippen LogP contribution in [-0.4, -0.2) is 40.0 Å². The van der Waals surface area contributed by atoms with Crippen molar-refractivity contribution in [2.24, 2.45) is 0 Å². The molecule has 26 heavy (non-hydrogen) atoms. The molecule has 1 fully saturated rings. The van der Waals surface area contributed by atoms with Gasteiger partial charge in [-0.15, -0.1) is 11.3 Å². The number of amides is 1. The minimum absolute atomic E-state index is 0.379. The van der Waals surface area contributed by atoms with E-state index < -0.39 is 19.0 Å². The summed E-state index contributed by atoms with van der Waals surface area (Å²) in [7, 11) is 0. The fourth-order valence-corrected chi connectivity index (χ4v) is 3.74. The first-order valence-electron chi connectivity index (χ1n) is 8.58. The van der Waals surface area contributed by atoms with Crippen LogP contribution in [0.15, 0.2) is 4.52 Å². The Labute approximate surface area is 154 Å². The number of unbranched alkanes of at least 4 members (excludes halogenated alkanes) is 1. The number of nitrogens with zero attached hydrogens (tertiary/aromatic N) is 3. The number of carbonyl (C=O) groups is 1. The van der Waals surface area contributed by atoms with E-state index in [1.807, 2.05) is 19.1 Å². The van der Waals surface area contributed by atoms with Gasteiger partial charge in [-0.05, 0) is 38.8 Å². The maximum atomic E-state index is 13.0. The third-order valence-electron chi connectivity index (χ3n) is 4.28. The molecule has 2 aromatic rings. The van der Waals surface area contributed by atoms with Gasteiger partial charge in [-0.2, -0.15) is 0 Å². The standard InChI is InChI=1S/C18H21F2N3O2S/c1-4-5-6-14-13(12(3)25-22-14)7-8-15-21-11(2)16(26-15)17(24)23-9-18(19,20)10-23/h7-8H,4-6,9-10H2,1-3H3/b8-7+. The number of halogens is 2. The van der Waals surface area contributed by atoms with Crippen LogP contribution in [0.2, 0.25) is 0 Å². The van der Waals surface area contributed by atoms with E-state index in [9.17, 15) is 13.6 Å². The highest BCUT2D eigenvalue weighted by atomic mass is 32.1. The van der Waals surface area contributed by atoms with Gasteiger partial charge < -0.3 is 9.42 Å². The van der Waals surface area contributed by atoms with Gasteiger partial charge in [0.2, 0.25) is 0 Å². The van der Waals surface area contributed by atoms with E-state index in [2.05, 4.69) is 17.1 Å². The van der Waals surface area contributed by atoms with E-state index in [-0.39, 0.29) is 5.91 Å². The van der Waals surface area contributed by atoms with Gasteiger partial charge in [0, 0.05) is 5.56 Å². The lowest BCUT2D eigenvalue weighted by atomic mass is 10.1. The molecule has 1 amide bonds. The Morgan fingerprint density at radius 2 is 2.08 bits per heavy atom. The average Bonchev–Trinajstić information content (AvgIpc) is 3.10. The first-order chi connectivity index (χ1) is 12.3. The average molecular weight is 381 g/mol. The second-order valence-corrected chi connectivity index (χ2v) is 7.55. The van der Waals surface area contributed by atoms with E-state index in [4.69, 9.17) is 4.52 Å². The molecular weight excluding hydrogens is 360 g/mol. The van der Waals surface area contributed by atoms with Crippen LogP contribution in [0.25, 0.3) is 12.2 Å². The highest BCUT2D eigenvalue weighted by molar-refractivity contribution is 7.14. The molecular formula is C18H21F2N3O2S. The van der Waals surface area contributed by atoms with Crippen molar-refractivity contribution >= 4 is 29.4 Å². The minimum atomic E-state index is -2.77. The number of carbonyl (C=O) groups excluding carboxylic acids is 1. The lowest BCUT2D eigenvalue weighted by Crippen LogP contribution is -2.58. The summed E-state index contributed by atoms with van der Waals surface area (Å²) in [6.45, 7) is 4.65. The lowest BCUT2D eigenvalue weighted by Gasteiger charge is -2.38. The monoisotopic (exact) mass is 381 g/mol. The Morgan fingerprint density at radius 3 is 2.73 bits per heavy atom. The van der Waals surface area contributed by atoms with Crippen LogP contribution in [-0.2, 0) is 6.42 Å². The Balaban J connectivity index is 1.75. The second kappa shape index (κ2) is 7.26. The zero-order valence-corrected chi connectivity index (χ0v) is 15.8. The summed E-state index contributed by atoms with van der Waals surface area (Å²) in [5.41, 5.74) is 2.40. The maximum absolute atomic E-state index is 13.0. The number of thiazole rings is 1. The molecule has 3 rings (SSSR count). The van der Waals surface area contributed by atoms with Crippen molar-refractivity contribution in [2.45, 2.75) is 46.0 Å². The molecule has 2 aromatic heterocycles. The van der Waals surface area contributed by atoms with Crippen molar-refractivity contribution in [1.82, 2.24) is 15.0 Å². The molecule has 0 spiro atoms. The summed E-state index contributed by atoms with van der Waals surface area (Å²) in [6.07, 6.45) is 6.65. The van der Waals surface area contributed by atoms with E-state index >= 15 is 0 Å². The van der Waals surface area contributed by atoms with Gasteiger partial charge in [0.15, 0.2) is 0 Å². The first kappa shape index (κ1) is 18.7. The molecule has 0 radical (unpaired) electrons. The summed E-state index contributed by atoms with van der Waals surface area (Å²) >= 11 is 1.21. The fraction of sp³-hybridized carbons (Fsp3) is 0.500. The van der Waals surface area contributed by atoms with Crippen molar-refractivity contribution in [3.05, 3.63) is 32.6 Å². The van der Waals surface area contributed by atoms with Crippen LogP contribution in [0, 0.1) is 13.8 Å². The predicted octanol–water partition coefficient (Wildman–Crippen LogP) is 4.35. The zero-order chi connectivity index (χ0) is 18.9. The Kier molecular flexibility index (Phi) is 5.22. The highest BCUT2D eigenvalue weighted by Crippen LogP contribution is 2.31. The molecule has 140 valence electrons. The molecule has 1 aliphatic rings. The van der Waals surface area contributed by atoms with Crippen LogP contribution in [0.5, 0.6) is 0 Å². The van der Waals surface area contributed by atoms with Gasteiger partial charge in [0.1, 0.15) is 15.6 Å². The lowest BCUT2D eigenvalue weighted by molar-refractivity contribution is -0.112. The summed E-state index contributed by atoms with van der Waals surface area (Å²) < 4.78 is 31.2. The molecule has 0 N–H and O–H groups in total. The van der Waals surface area contributed by atoms with Crippen LogP contribution < -0.4 is 0 Å². The van der Waals surface area contributed by atoms with Gasteiger partial charge in [-0.25, -0.2) is 13.8 Å². The quantitative estimate of drug-likeness (QED) is 0.746. The van der Waals surface area contributed by atoms with Crippen molar-refractivity contribution in [3.63, 3.8) is 0 Å². The maximum Gasteiger partial charge on any atom is 0.282 e. The van der Waals surface area contributed by atoms with Crippen LogP contribution in [0.1, 0.15) is 57.2 Å². The first-order valence-corrected chi connectivity index (χ1v) is 9.40. The van der Waals surface area contributed by atoms with Crippen molar-refractivity contribution < 1.29 is 18.1 Å². The number of alkyl halides is 2. The van der Waals surface area contributed by atoms with E-state index in [1.54, 1.807) is 6.92 Å². The van der Waals surface area contributed by atoms with Crippen molar-refractivity contribution in [2.75, 3.05) is 13.1 Å². The van der Waals surface area contributed by atoms with E-state index in [1.165, 1.54) is 11.3 Å². The largest absolute Gasteiger partial charge is 0.361 e. The number of rotatable bonds is 6. The Hall–Kier alpha value is -2.09. The molecule has 8 heteroatoms. The molecule has 0 unspecified atom stereocenters. The molecule has 0 aliphatic carbocycles. The molecule has 0 aromatic carbocycles. The van der Waals surface area contributed by atoms with Crippen LogP contribution in [0.4, 0.5) is 8.78 Å². The predicted molar refractivity (Wildman–Crippen MR) is 96.5 cm³/mol. The number of likely N-dealkylation sites (tertiary alicyclic amines) is 1.